The summed E-state index contributed by atoms with van der Waals surface area (Å²) in [7, 11) is 0. The van der Waals surface area contributed by atoms with Crippen molar-refractivity contribution in [1.82, 2.24) is 10.6 Å². The number of aliphatic carboxylic acids is 2. The summed E-state index contributed by atoms with van der Waals surface area (Å²) in [5, 5.41) is 22.4. The van der Waals surface area contributed by atoms with E-state index in [0.29, 0.717) is 12.2 Å². The van der Waals surface area contributed by atoms with Gasteiger partial charge in [0, 0.05) is 13.0 Å². The average molecular weight is 432 g/mol. The summed E-state index contributed by atoms with van der Waals surface area (Å²) in [6.07, 6.45) is -0.183. The Bertz CT molecular complexity index is 930. The molecule has 0 saturated heterocycles. The largest absolute Gasteiger partial charge is 0.481 e. The van der Waals surface area contributed by atoms with Crippen LogP contribution in [0.4, 0.5) is 9.18 Å². The first-order chi connectivity index (χ1) is 14.7. The molecule has 2 aromatic carbocycles. The Kier molecular flexibility index (Phi) is 8.50. The molecule has 0 aromatic heterocycles. The predicted molar refractivity (Wildman–Crippen MR) is 106 cm³/mol. The van der Waals surface area contributed by atoms with Crippen molar-refractivity contribution in [3.63, 3.8) is 0 Å². The Morgan fingerprint density at radius 2 is 1.61 bits per heavy atom. The molecule has 0 heterocycles. The first-order valence-electron chi connectivity index (χ1n) is 9.30. The van der Waals surface area contributed by atoms with Crippen molar-refractivity contribution in [3.05, 3.63) is 65.5 Å². The highest BCUT2D eigenvalue weighted by Gasteiger charge is 2.20. The zero-order valence-electron chi connectivity index (χ0n) is 16.3. The van der Waals surface area contributed by atoms with Crippen LogP contribution in [0.1, 0.15) is 28.8 Å². The van der Waals surface area contributed by atoms with E-state index in [1.807, 2.05) is 0 Å². The molecule has 164 valence electrons. The second-order valence-electron chi connectivity index (χ2n) is 6.51. The smallest absolute Gasteiger partial charge is 0.343 e. The maximum atomic E-state index is 12.9. The van der Waals surface area contributed by atoms with E-state index in [1.165, 1.54) is 12.1 Å². The van der Waals surface area contributed by atoms with Crippen LogP contribution in [-0.4, -0.2) is 46.7 Å². The van der Waals surface area contributed by atoms with E-state index >= 15 is 0 Å². The Labute approximate surface area is 176 Å². The number of carboxylic acid groups (broad SMARTS) is 2. The molecule has 0 radical (unpaired) electrons. The second kappa shape index (κ2) is 11.3. The molecule has 2 amide bonds. The maximum Gasteiger partial charge on any atom is 0.343 e. The van der Waals surface area contributed by atoms with Gasteiger partial charge in [0.2, 0.25) is 0 Å². The van der Waals surface area contributed by atoms with Gasteiger partial charge < -0.3 is 25.6 Å². The minimum absolute atomic E-state index is 0.200. The Balaban J connectivity index is 1.78. The van der Waals surface area contributed by atoms with E-state index < -0.39 is 35.8 Å². The standard InChI is InChI=1S/C21H21FN2O7/c22-15-5-3-14(4-6-15)20(29)31-16-7-1-13(2-8-16)11-12-23-21(30)24-17(19(27)28)9-10-18(25)26/h1-8,17H,9-12H2,(H,25,26)(H,27,28)(H2,23,24,30)/t17-/m0/s1. The Morgan fingerprint density at radius 3 is 2.19 bits per heavy atom. The molecule has 2 rings (SSSR count). The van der Waals surface area contributed by atoms with Crippen molar-refractivity contribution in [3.8, 4) is 5.75 Å². The summed E-state index contributed by atoms with van der Waals surface area (Å²) < 4.78 is 18.1. The third-order valence-corrected chi connectivity index (χ3v) is 4.16. The second-order valence-corrected chi connectivity index (χ2v) is 6.51. The lowest BCUT2D eigenvalue weighted by Crippen LogP contribution is -2.46. The van der Waals surface area contributed by atoms with E-state index in [0.717, 1.165) is 17.7 Å². The predicted octanol–water partition coefficient (Wildman–Crippen LogP) is 2.20. The molecule has 31 heavy (non-hydrogen) atoms. The monoisotopic (exact) mass is 432 g/mol. The average Bonchev–Trinajstić information content (AvgIpc) is 2.72. The first-order valence-corrected chi connectivity index (χ1v) is 9.30. The third kappa shape index (κ3) is 8.13. The highest BCUT2D eigenvalue weighted by atomic mass is 19.1. The van der Waals surface area contributed by atoms with E-state index in [4.69, 9.17) is 14.9 Å². The number of hydrogen-bond acceptors (Lipinski definition) is 5. The normalized spacial score (nSPS) is 11.3. The van der Waals surface area contributed by atoms with Crippen LogP contribution in [0.15, 0.2) is 48.5 Å². The molecule has 0 bridgehead atoms. The molecule has 0 unspecified atom stereocenters. The number of carbonyl (C=O) groups is 4. The quantitative estimate of drug-likeness (QED) is 0.333. The van der Waals surface area contributed by atoms with Crippen molar-refractivity contribution in [2.24, 2.45) is 0 Å². The highest BCUT2D eigenvalue weighted by Crippen LogP contribution is 2.15. The molecule has 0 fully saturated rings. The van der Waals surface area contributed by atoms with Gasteiger partial charge in [-0.1, -0.05) is 12.1 Å². The van der Waals surface area contributed by atoms with Gasteiger partial charge in [0.25, 0.3) is 0 Å². The molecule has 2 aromatic rings. The van der Waals surface area contributed by atoms with Gasteiger partial charge in [-0.05, 0) is 54.8 Å². The fourth-order valence-electron chi connectivity index (χ4n) is 2.53. The van der Waals surface area contributed by atoms with Crippen LogP contribution >= 0.6 is 0 Å². The summed E-state index contributed by atoms with van der Waals surface area (Å²) in [4.78, 5) is 45.4. The van der Waals surface area contributed by atoms with Crippen LogP contribution in [0, 0.1) is 5.82 Å². The summed E-state index contributed by atoms with van der Waals surface area (Å²) in [6.45, 7) is 0.200. The topological polar surface area (TPSA) is 142 Å². The van der Waals surface area contributed by atoms with E-state index in [9.17, 15) is 23.6 Å². The third-order valence-electron chi connectivity index (χ3n) is 4.16. The minimum atomic E-state index is -1.32. The Hall–Kier alpha value is -3.95. The molecule has 0 spiro atoms. The molecule has 9 nitrogen and oxygen atoms in total. The van der Waals surface area contributed by atoms with Gasteiger partial charge in [-0.3, -0.25) is 4.79 Å². The van der Waals surface area contributed by atoms with Gasteiger partial charge in [-0.2, -0.15) is 0 Å². The molecule has 4 N–H and O–H groups in total. The molecule has 0 saturated carbocycles. The van der Waals surface area contributed by atoms with E-state index in [2.05, 4.69) is 10.6 Å². The van der Waals surface area contributed by atoms with Crippen molar-refractivity contribution < 1.29 is 38.5 Å². The van der Waals surface area contributed by atoms with Gasteiger partial charge in [-0.25, -0.2) is 18.8 Å². The molecular weight excluding hydrogens is 411 g/mol. The van der Waals surface area contributed by atoms with Crippen molar-refractivity contribution in [2.45, 2.75) is 25.3 Å². The van der Waals surface area contributed by atoms with Crippen molar-refractivity contribution in [2.75, 3.05) is 6.54 Å². The van der Waals surface area contributed by atoms with Gasteiger partial charge in [0.05, 0.1) is 5.56 Å². The van der Waals surface area contributed by atoms with Crippen LogP contribution in [-0.2, 0) is 16.0 Å². The molecule has 10 heteroatoms. The molecule has 0 aliphatic heterocycles. The lowest BCUT2D eigenvalue weighted by molar-refractivity contribution is -0.140. The zero-order chi connectivity index (χ0) is 22.8. The van der Waals surface area contributed by atoms with Gasteiger partial charge in [-0.15, -0.1) is 0 Å². The number of carboxylic acids is 2. The van der Waals surface area contributed by atoms with Gasteiger partial charge in [0.1, 0.15) is 17.6 Å². The number of benzene rings is 2. The number of hydrogen-bond donors (Lipinski definition) is 4. The molecule has 0 aliphatic carbocycles. The number of rotatable bonds is 10. The number of carbonyl (C=O) groups excluding carboxylic acids is 2. The SMILES string of the molecule is O=C(O)CC[C@H](NC(=O)NCCc1ccc(OC(=O)c2ccc(F)cc2)cc1)C(=O)O. The van der Waals surface area contributed by atoms with E-state index in [1.54, 1.807) is 24.3 Å². The fraction of sp³-hybridized carbons (Fsp3) is 0.238. The van der Waals surface area contributed by atoms with Crippen LogP contribution < -0.4 is 15.4 Å². The minimum Gasteiger partial charge on any atom is -0.481 e. The summed E-state index contributed by atoms with van der Waals surface area (Å²) in [5.74, 6) is -3.25. The Morgan fingerprint density at radius 1 is 0.968 bits per heavy atom. The first kappa shape index (κ1) is 23.3. The van der Waals surface area contributed by atoms with Crippen molar-refractivity contribution in [1.29, 1.82) is 0 Å². The summed E-state index contributed by atoms with van der Waals surface area (Å²) in [6, 6.07) is 9.47. The summed E-state index contributed by atoms with van der Waals surface area (Å²) >= 11 is 0. The van der Waals surface area contributed by atoms with Crippen LogP contribution in [0.25, 0.3) is 0 Å². The number of esters is 1. The van der Waals surface area contributed by atoms with E-state index in [-0.39, 0.29) is 24.9 Å². The maximum absolute atomic E-state index is 12.9. The number of amides is 2. The van der Waals surface area contributed by atoms with Gasteiger partial charge >= 0.3 is 23.9 Å². The molecular formula is C21H21FN2O7. The van der Waals surface area contributed by atoms with Crippen LogP contribution in [0.3, 0.4) is 0 Å². The highest BCUT2D eigenvalue weighted by molar-refractivity contribution is 5.91. The molecule has 0 aliphatic rings. The number of nitrogens with one attached hydrogen (secondary N) is 2. The fourth-order valence-corrected chi connectivity index (χ4v) is 2.53. The van der Waals surface area contributed by atoms with Crippen LogP contribution in [0.2, 0.25) is 0 Å². The lowest BCUT2D eigenvalue weighted by Gasteiger charge is -2.14. The lowest BCUT2D eigenvalue weighted by atomic mass is 10.1. The zero-order valence-corrected chi connectivity index (χ0v) is 16.3. The number of ether oxygens (including phenoxy) is 1. The van der Waals surface area contributed by atoms with Crippen LogP contribution in [0.5, 0.6) is 5.75 Å². The summed E-state index contributed by atoms with van der Waals surface area (Å²) in [5.41, 5.74) is 1.03. The number of urea groups is 1. The molecule has 1 atom stereocenters. The van der Waals surface area contributed by atoms with Gasteiger partial charge in [0.15, 0.2) is 0 Å². The van der Waals surface area contributed by atoms with Crippen molar-refractivity contribution >= 4 is 23.9 Å². The number of halogens is 1.